The molecule has 0 radical (unpaired) electrons. The molecular formula is C18H21NOS. The highest BCUT2D eigenvalue weighted by atomic mass is 32.1. The second-order valence-electron chi connectivity index (χ2n) is 6.10. The number of hydrogen-bond donors (Lipinski definition) is 1. The summed E-state index contributed by atoms with van der Waals surface area (Å²) in [5.41, 5.74) is 2.40. The number of fused-ring (bicyclic) bond motifs is 1. The molecule has 0 bridgehead atoms. The summed E-state index contributed by atoms with van der Waals surface area (Å²) in [7, 11) is 0. The van der Waals surface area contributed by atoms with E-state index in [1.54, 1.807) is 0 Å². The number of hydrogen-bond acceptors (Lipinski definition) is 3. The van der Waals surface area contributed by atoms with Crippen LogP contribution in [0.25, 0.3) is 11.0 Å². The zero-order valence-corrected chi connectivity index (χ0v) is 13.6. The van der Waals surface area contributed by atoms with E-state index >= 15 is 0 Å². The summed E-state index contributed by atoms with van der Waals surface area (Å²) in [6.07, 6.45) is 0. The van der Waals surface area contributed by atoms with Gasteiger partial charge in [-0.05, 0) is 24.4 Å². The molecule has 0 aliphatic heterocycles. The average Bonchev–Trinajstić information content (AvgIpc) is 3.08. The van der Waals surface area contributed by atoms with Gasteiger partial charge in [-0.1, -0.05) is 38.1 Å². The molecule has 0 saturated heterocycles. The van der Waals surface area contributed by atoms with Crippen molar-refractivity contribution in [1.29, 1.82) is 0 Å². The average molecular weight is 299 g/mol. The first-order valence-electron chi connectivity index (χ1n) is 7.29. The number of para-hydroxylation sites is 1. The first-order chi connectivity index (χ1) is 10.1. The van der Waals surface area contributed by atoms with Gasteiger partial charge in [0.05, 0.1) is 0 Å². The minimum Gasteiger partial charge on any atom is -0.461 e. The van der Waals surface area contributed by atoms with Crippen molar-refractivity contribution >= 4 is 22.3 Å². The van der Waals surface area contributed by atoms with Crippen LogP contribution in [-0.2, 0) is 12.0 Å². The Hall–Kier alpha value is -1.58. The van der Waals surface area contributed by atoms with Crippen molar-refractivity contribution in [2.45, 2.75) is 32.7 Å². The maximum Gasteiger partial charge on any atom is 0.134 e. The van der Waals surface area contributed by atoms with E-state index in [2.05, 4.69) is 48.8 Å². The molecule has 0 amide bonds. The fourth-order valence-electron chi connectivity index (χ4n) is 2.69. The van der Waals surface area contributed by atoms with Crippen LogP contribution in [-0.4, -0.2) is 6.54 Å². The molecule has 0 fully saturated rings. The molecule has 0 atom stereocenters. The van der Waals surface area contributed by atoms with Crippen LogP contribution < -0.4 is 5.32 Å². The highest BCUT2D eigenvalue weighted by molar-refractivity contribution is 7.10. The van der Waals surface area contributed by atoms with E-state index in [-0.39, 0.29) is 5.41 Å². The molecule has 110 valence electrons. The highest BCUT2D eigenvalue weighted by Gasteiger charge is 2.21. The normalized spacial score (nSPS) is 12.1. The van der Waals surface area contributed by atoms with Crippen molar-refractivity contribution in [2.24, 2.45) is 0 Å². The summed E-state index contributed by atoms with van der Waals surface area (Å²) >= 11 is 1.82. The highest BCUT2D eigenvalue weighted by Crippen LogP contribution is 2.28. The quantitative estimate of drug-likeness (QED) is 0.727. The Morgan fingerprint density at radius 2 is 1.95 bits per heavy atom. The summed E-state index contributed by atoms with van der Waals surface area (Å²) in [5, 5.41) is 6.96. The van der Waals surface area contributed by atoms with Crippen molar-refractivity contribution < 1.29 is 4.42 Å². The molecule has 0 aliphatic carbocycles. The van der Waals surface area contributed by atoms with Crippen molar-refractivity contribution in [1.82, 2.24) is 5.32 Å². The summed E-state index contributed by atoms with van der Waals surface area (Å²) < 4.78 is 5.82. The van der Waals surface area contributed by atoms with Crippen LogP contribution in [0.4, 0.5) is 0 Å². The SMILES string of the molecule is Cc1oc2ccccc2c1CNCC(C)(C)c1cccs1. The van der Waals surface area contributed by atoms with E-state index in [0.29, 0.717) is 0 Å². The zero-order chi connectivity index (χ0) is 14.9. The maximum atomic E-state index is 5.82. The van der Waals surface area contributed by atoms with E-state index in [0.717, 1.165) is 24.4 Å². The lowest BCUT2D eigenvalue weighted by Gasteiger charge is -2.23. The van der Waals surface area contributed by atoms with Crippen LogP contribution in [0, 0.1) is 6.92 Å². The molecular weight excluding hydrogens is 278 g/mol. The Bertz CT molecular complexity index is 725. The van der Waals surface area contributed by atoms with Crippen molar-refractivity contribution in [3.8, 4) is 0 Å². The second-order valence-corrected chi connectivity index (χ2v) is 7.05. The van der Waals surface area contributed by atoms with Gasteiger partial charge < -0.3 is 9.73 Å². The van der Waals surface area contributed by atoms with Crippen molar-refractivity contribution in [2.75, 3.05) is 6.54 Å². The van der Waals surface area contributed by atoms with Gasteiger partial charge in [0, 0.05) is 34.3 Å². The molecule has 0 unspecified atom stereocenters. The number of aryl methyl sites for hydroxylation is 1. The third-order valence-corrected chi connectivity index (χ3v) is 5.19. The number of rotatable bonds is 5. The van der Waals surface area contributed by atoms with Crippen LogP contribution in [0.15, 0.2) is 46.2 Å². The minimum atomic E-state index is 0.154. The predicted octanol–water partition coefficient (Wildman–Crippen LogP) is 4.87. The van der Waals surface area contributed by atoms with Crippen LogP contribution in [0.5, 0.6) is 0 Å². The lowest BCUT2D eigenvalue weighted by atomic mass is 9.91. The standard InChI is InChI=1S/C18H21NOS/c1-13-15(14-7-4-5-8-16(14)20-13)11-19-12-18(2,3)17-9-6-10-21-17/h4-10,19H,11-12H2,1-3H3. The molecule has 1 aromatic carbocycles. The Kier molecular flexibility index (Phi) is 3.87. The van der Waals surface area contributed by atoms with Gasteiger partial charge in [-0.2, -0.15) is 0 Å². The molecule has 1 N–H and O–H groups in total. The third-order valence-electron chi connectivity index (χ3n) is 3.96. The Morgan fingerprint density at radius 1 is 1.14 bits per heavy atom. The van der Waals surface area contributed by atoms with Crippen LogP contribution in [0.2, 0.25) is 0 Å². The molecule has 3 rings (SSSR count). The number of thiophene rings is 1. The van der Waals surface area contributed by atoms with E-state index in [1.165, 1.54) is 15.8 Å². The molecule has 3 heteroatoms. The van der Waals surface area contributed by atoms with Crippen LogP contribution >= 0.6 is 11.3 Å². The lowest BCUT2D eigenvalue weighted by Crippen LogP contribution is -2.32. The summed E-state index contributed by atoms with van der Waals surface area (Å²) in [6.45, 7) is 8.41. The topological polar surface area (TPSA) is 25.2 Å². The summed E-state index contributed by atoms with van der Waals surface area (Å²) in [5.74, 6) is 1.01. The Labute approximate surface area is 129 Å². The largest absolute Gasteiger partial charge is 0.461 e. The van der Waals surface area contributed by atoms with E-state index in [4.69, 9.17) is 4.42 Å². The molecule has 2 aromatic heterocycles. The monoisotopic (exact) mass is 299 g/mol. The fraction of sp³-hybridized carbons (Fsp3) is 0.333. The molecule has 21 heavy (non-hydrogen) atoms. The summed E-state index contributed by atoms with van der Waals surface area (Å²) in [4.78, 5) is 1.42. The first kappa shape index (κ1) is 14.4. The molecule has 3 aromatic rings. The zero-order valence-electron chi connectivity index (χ0n) is 12.8. The molecule has 2 heterocycles. The van der Waals surface area contributed by atoms with Crippen molar-refractivity contribution in [3.63, 3.8) is 0 Å². The molecule has 0 aliphatic rings. The van der Waals surface area contributed by atoms with E-state index in [9.17, 15) is 0 Å². The summed E-state index contributed by atoms with van der Waals surface area (Å²) in [6, 6.07) is 12.6. The van der Waals surface area contributed by atoms with Crippen LogP contribution in [0.3, 0.4) is 0 Å². The van der Waals surface area contributed by atoms with Crippen molar-refractivity contribution in [3.05, 3.63) is 58.0 Å². The Balaban J connectivity index is 1.71. The molecule has 0 spiro atoms. The van der Waals surface area contributed by atoms with Gasteiger partial charge in [0.15, 0.2) is 0 Å². The lowest BCUT2D eigenvalue weighted by molar-refractivity contribution is 0.473. The van der Waals surface area contributed by atoms with Gasteiger partial charge in [-0.25, -0.2) is 0 Å². The predicted molar refractivity (Wildman–Crippen MR) is 90.0 cm³/mol. The fourth-order valence-corrected chi connectivity index (χ4v) is 3.54. The molecule has 2 nitrogen and oxygen atoms in total. The second kappa shape index (κ2) is 5.66. The number of furan rings is 1. The van der Waals surface area contributed by atoms with Gasteiger partial charge in [0.25, 0.3) is 0 Å². The van der Waals surface area contributed by atoms with E-state index in [1.807, 2.05) is 30.4 Å². The van der Waals surface area contributed by atoms with Gasteiger partial charge in [-0.15, -0.1) is 11.3 Å². The van der Waals surface area contributed by atoms with Gasteiger partial charge in [0.1, 0.15) is 11.3 Å². The smallest absolute Gasteiger partial charge is 0.134 e. The van der Waals surface area contributed by atoms with Gasteiger partial charge >= 0.3 is 0 Å². The van der Waals surface area contributed by atoms with E-state index < -0.39 is 0 Å². The van der Waals surface area contributed by atoms with Gasteiger partial charge in [-0.3, -0.25) is 0 Å². The molecule has 0 saturated carbocycles. The number of nitrogens with one attached hydrogen (secondary N) is 1. The minimum absolute atomic E-state index is 0.154. The van der Waals surface area contributed by atoms with Crippen LogP contribution in [0.1, 0.15) is 30.0 Å². The Morgan fingerprint density at radius 3 is 2.71 bits per heavy atom. The number of benzene rings is 1. The maximum absolute atomic E-state index is 5.82. The first-order valence-corrected chi connectivity index (χ1v) is 8.17. The third kappa shape index (κ3) is 2.89. The van der Waals surface area contributed by atoms with Gasteiger partial charge in [0.2, 0.25) is 0 Å².